The third-order valence-corrected chi connectivity index (χ3v) is 5.92. The number of aromatic nitrogens is 2. The molecule has 7 heteroatoms. The molecule has 4 rings (SSSR count). The Hall–Kier alpha value is -1.63. The van der Waals surface area contributed by atoms with Gasteiger partial charge in [-0.1, -0.05) is 6.42 Å². The van der Waals surface area contributed by atoms with Gasteiger partial charge in [-0.15, -0.1) is 0 Å². The van der Waals surface area contributed by atoms with E-state index in [9.17, 15) is 4.79 Å². The highest BCUT2D eigenvalue weighted by atomic mass is 16.5. The summed E-state index contributed by atoms with van der Waals surface area (Å²) in [6.07, 6.45) is 5.50. The summed E-state index contributed by atoms with van der Waals surface area (Å²) in [6, 6.07) is 0.165. The van der Waals surface area contributed by atoms with E-state index in [-0.39, 0.29) is 17.4 Å². The molecule has 1 aromatic heterocycles. The number of nitrogens with one attached hydrogen (secondary N) is 1. The van der Waals surface area contributed by atoms with E-state index >= 15 is 0 Å². The second kappa shape index (κ2) is 6.02. The van der Waals surface area contributed by atoms with Gasteiger partial charge in [0.15, 0.2) is 0 Å². The van der Waals surface area contributed by atoms with E-state index in [1.165, 1.54) is 12.8 Å². The molecule has 2 atom stereocenters. The Bertz CT molecular complexity index is 609. The number of anilines is 1. The van der Waals surface area contributed by atoms with Crippen molar-refractivity contribution in [2.75, 3.05) is 31.7 Å². The number of ether oxygens (including phenoxy) is 1. The fourth-order valence-corrected chi connectivity index (χ4v) is 4.20. The molecule has 1 aliphatic heterocycles. The maximum absolute atomic E-state index is 12.9. The van der Waals surface area contributed by atoms with Gasteiger partial charge in [0, 0.05) is 33.0 Å². The maximum Gasteiger partial charge on any atom is 0.266 e. The van der Waals surface area contributed by atoms with Crippen molar-refractivity contribution < 1.29 is 14.1 Å². The minimum absolute atomic E-state index is 0.164. The minimum Gasteiger partial charge on any atom is -0.384 e. The molecule has 1 aromatic rings. The summed E-state index contributed by atoms with van der Waals surface area (Å²) >= 11 is 0. The minimum atomic E-state index is -0.307. The van der Waals surface area contributed by atoms with Crippen molar-refractivity contribution >= 4 is 11.9 Å². The molecule has 2 aliphatic carbocycles. The first kappa shape index (κ1) is 15.9. The number of aryl methyl sites for hydroxylation is 1. The lowest BCUT2D eigenvalue weighted by Crippen LogP contribution is -2.53. The van der Waals surface area contributed by atoms with Crippen molar-refractivity contribution in [3.63, 3.8) is 0 Å². The number of carbonyl (C=O) groups excluding carboxylic acids is 1. The van der Waals surface area contributed by atoms with Gasteiger partial charge in [0.1, 0.15) is 0 Å². The molecule has 2 heterocycles. The molecule has 3 fully saturated rings. The van der Waals surface area contributed by atoms with Gasteiger partial charge in [-0.05, 0) is 36.8 Å². The van der Waals surface area contributed by atoms with Gasteiger partial charge in [0.05, 0.1) is 18.1 Å². The van der Waals surface area contributed by atoms with E-state index in [2.05, 4.69) is 20.4 Å². The molecular formula is C17H26N4O3. The average molecular weight is 334 g/mol. The first-order valence-corrected chi connectivity index (χ1v) is 8.96. The molecule has 1 saturated heterocycles. The summed E-state index contributed by atoms with van der Waals surface area (Å²) in [6.45, 7) is 3.98. The summed E-state index contributed by atoms with van der Waals surface area (Å²) in [5.74, 6) is 2.58. The van der Waals surface area contributed by atoms with Crippen LogP contribution in [0, 0.1) is 24.2 Å². The SMILES string of the molecule is COCC1(C(=O)N[C@H]2CN(c3noc(C)n3)C[C@@H]2C2CC2)CCC1. The van der Waals surface area contributed by atoms with Crippen LogP contribution in [0.15, 0.2) is 4.52 Å². The van der Waals surface area contributed by atoms with Crippen molar-refractivity contribution in [1.82, 2.24) is 15.5 Å². The molecule has 1 amide bonds. The van der Waals surface area contributed by atoms with Crippen LogP contribution in [0.5, 0.6) is 0 Å². The first-order chi connectivity index (χ1) is 11.6. The predicted octanol–water partition coefficient (Wildman–Crippen LogP) is 1.53. The normalized spacial score (nSPS) is 28.7. The number of hydrogen-bond donors (Lipinski definition) is 1. The quantitative estimate of drug-likeness (QED) is 0.850. The van der Waals surface area contributed by atoms with E-state index < -0.39 is 0 Å². The molecule has 0 unspecified atom stereocenters. The van der Waals surface area contributed by atoms with Crippen molar-refractivity contribution in [1.29, 1.82) is 0 Å². The molecular weight excluding hydrogens is 308 g/mol. The van der Waals surface area contributed by atoms with E-state index in [0.717, 1.165) is 32.4 Å². The number of nitrogens with zero attached hydrogens (tertiary/aromatic N) is 3. The predicted molar refractivity (Wildman–Crippen MR) is 87.6 cm³/mol. The Labute approximate surface area is 142 Å². The third-order valence-electron chi connectivity index (χ3n) is 5.92. The number of amides is 1. The number of methoxy groups -OCH3 is 1. The van der Waals surface area contributed by atoms with Crippen LogP contribution in [0.3, 0.4) is 0 Å². The highest BCUT2D eigenvalue weighted by Crippen LogP contribution is 2.44. The summed E-state index contributed by atoms with van der Waals surface area (Å²) in [5, 5.41) is 7.38. The molecule has 2 saturated carbocycles. The summed E-state index contributed by atoms with van der Waals surface area (Å²) in [5.41, 5.74) is -0.307. The highest BCUT2D eigenvalue weighted by molar-refractivity contribution is 5.84. The Morgan fingerprint density at radius 1 is 1.42 bits per heavy atom. The van der Waals surface area contributed by atoms with Crippen LogP contribution in [0.1, 0.15) is 38.0 Å². The summed E-state index contributed by atoms with van der Waals surface area (Å²) < 4.78 is 10.4. The standard InChI is InChI=1S/C17H26N4O3/c1-11-18-16(20-24-11)21-8-13(12-4-5-12)14(9-21)19-15(22)17(10-23-2)6-3-7-17/h12-14H,3-10H2,1-2H3,(H,19,22)/t13-,14+/m1/s1. The van der Waals surface area contributed by atoms with E-state index in [1.807, 2.05) is 0 Å². The zero-order valence-corrected chi connectivity index (χ0v) is 14.5. The lowest BCUT2D eigenvalue weighted by molar-refractivity contribution is -0.141. The van der Waals surface area contributed by atoms with Crippen LogP contribution in [-0.2, 0) is 9.53 Å². The lowest BCUT2D eigenvalue weighted by Gasteiger charge is -2.40. The van der Waals surface area contributed by atoms with Gasteiger partial charge < -0.3 is 19.5 Å². The second-order valence-corrected chi connectivity index (χ2v) is 7.67. The number of carbonyl (C=O) groups is 1. The molecule has 3 aliphatic rings. The molecule has 0 aromatic carbocycles. The van der Waals surface area contributed by atoms with E-state index in [4.69, 9.17) is 9.26 Å². The van der Waals surface area contributed by atoms with Gasteiger partial charge in [0.2, 0.25) is 11.8 Å². The third kappa shape index (κ3) is 2.79. The van der Waals surface area contributed by atoms with Crippen molar-refractivity contribution in [2.45, 2.75) is 45.1 Å². The first-order valence-electron chi connectivity index (χ1n) is 8.96. The Kier molecular flexibility index (Phi) is 3.98. The topological polar surface area (TPSA) is 80.5 Å². The lowest BCUT2D eigenvalue weighted by atomic mass is 9.68. The van der Waals surface area contributed by atoms with Crippen LogP contribution in [0.25, 0.3) is 0 Å². The Morgan fingerprint density at radius 3 is 2.75 bits per heavy atom. The molecule has 1 N–H and O–H groups in total. The highest BCUT2D eigenvalue weighted by Gasteiger charge is 2.48. The second-order valence-electron chi connectivity index (χ2n) is 7.67. The zero-order chi connectivity index (χ0) is 16.7. The molecule has 7 nitrogen and oxygen atoms in total. The largest absolute Gasteiger partial charge is 0.384 e. The zero-order valence-electron chi connectivity index (χ0n) is 14.5. The monoisotopic (exact) mass is 334 g/mol. The average Bonchev–Trinajstić information content (AvgIpc) is 3.14. The molecule has 0 bridgehead atoms. The fourth-order valence-electron chi connectivity index (χ4n) is 4.20. The number of rotatable bonds is 6. The van der Waals surface area contributed by atoms with Gasteiger partial charge in [-0.3, -0.25) is 4.79 Å². The summed E-state index contributed by atoms with van der Waals surface area (Å²) in [4.78, 5) is 19.4. The van der Waals surface area contributed by atoms with Crippen LogP contribution in [-0.4, -0.2) is 48.9 Å². The van der Waals surface area contributed by atoms with E-state index in [1.54, 1.807) is 14.0 Å². The fraction of sp³-hybridized carbons (Fsp3) is 0.824. The van der Waals surface area contributed by atoms with E-state index in [0.29, 0.717) is 30.3 Å². The number of hydrogen-bond acceptors (Lipinski definition) is 6. The Balaban J connectivity index is 1.45. The molecule has 0 radical (unpaired) electrons. The van der Waals surface area contributed by atoms with Gasteiger partial charge >= 0.3 is 0 Å². The van der Waals surface area contributed by atoms with Crippen molar-refractivity contribution in [3.8, 4) is 0 Å². The molecule has 0 spiro atoms. The maximum atomic E-state index is 12.9. The van der Waals surface area contributed by atoms with Crippen LogP contribution in [0.4, 0.5) is 5.95 Å². The van der Waals surface area contributed by atoms with Gasteiger partial charge in [-0.2, -0.15) is 4.98 Å². The molecule has 24 heavy (non-hydrogen) atoms. The van der Waals surface area contributed by atoms with Crippen molar-refractivity contribution in [2.24, 2.45) is 17.3 Å². The van der Waals surface area contributed by atoms with Crippen LogP contribution >= 0.6 is 0 Å². The summed E-state index contributed by atoms with van der Waals surface area (Å²) in [7, 11) is 1.68. The van der Waals surface area contributed by atoms with Crippen LogP contribution in [0.2, 0.25) is 0 Å². The van der Waals surface area contributed by atoms with Crippen molar-refractivity contribution in [3.05, 3.63) is 5.89 Å². The van der Waals surface area contributed by atoms with Gasteiger partial charge in [0.25, 0.3) is 5.95 Å². The molecule has 132 valence electrons. The Morgan fingerprint density at radius 2 is 2.21 bits per heavy atom. The van der Waals surface area contributed by atoms with Gasteiger partial charge in [-0.25, -0.2) is 0 Å². The van der Waals surface area contributed by atoms with Crippen LogP contribution < -0.4 is 10.2 Å². The smallest absolute Gasteiger partial charge is 0.266 e.